The molecule has 22 heavy (non-hydrogen) atoms. The Labute approximate surface area is 131 Å². The van der Waals surface area contributed by atoms with Crippen molar-refractivity contribution in [3.05, 3.63) is 40.7 Å². The van der Waals surface area contributed by atoms with E-state index in [9.17, 15) is 14.3 Å². The number of aliphatic hydroxyl groups excluding tert-OH is 1. The fourth-order valence-corrected chi connectivity index (χ4v) is 2.59. The van der Waals surface area contributed by atoms with E-state index in [1.54, 1.807) is 0 Å². The minimum absolute atomic E-state index is 0.0120. The summed E-state index contributed by atoms with van der Waals surface area (Å²) in [6.07, 6.45) is 0.881. The van der Waals surface area contributed by atoms with E-state index in [-0.39, 0.29) is 12.4 Å². The van der Waals surface area contributed by atoms with Gasteiger partial charge in [-0.15, -0.1) is 10.2 Å². The number of hydrogen-bond acceptors (Lipinski definition) is 5. The van der Waals surface area contributed by atoms with Crippen LogP contribution < -0.4 is 10.6 Å². The van der Waals surface area contributed by atoms with Crippen LogP contribution in [0.1, 0.15) is 30.0 Å². The van der Waals surface area contributed by atoms with Crippen molar-refractivity contribution in [1.29, 1.82) is 0 Å². The minimum Gasteiger partial charge on any atom is -0.387 e. The molecule has 0 spiro atoms. The van der Waals surface area contributed by atoms with Crippen LogP contribution >= 0.6 is 11.3 Å². The third kappa shape index (κ3) is 4.74. The van der Waals surface area contributed by atoms with Gasteiger partial charge in [0.2, 0.25) is 5.13 Å². The van der Waals surface area contributed by atoms with Crippen LogP contribution in [0.3, 0.4) is 0 Å². The summed E-state index contributed by atoms with van der Waals surface area (Å²) in [6, 6.07) is 4.99. The number of benzene rings is 1. The monoisotopic (exact) mass is 324 g/mol. The van der Waals surface area contributed by atoms with Crippen molar-refractivity contribution in [1.82, 2.24) is 15.5 Å². The van der Waals surface area contributed by atoms with E-state index in [2.05, 4.69) is 20.8 Å². The first-order valence-corrected chi connectivity index (χ1v) is 7.71. The number of anilines is 1. The molecular weight excluding hydrogens is 307 g/mol. The summed E-state index contributed by atoms with van der Waals surface area (Å²) in [6.45, 7) is 2.05. The zero-order valence-electron chi connectivity index (χ0n) is 12.0. The number of aryl methyl sites for hydroxylation is 1. The molecule has 2 aromatic rings. The largest absolute Gasteiger partial charge is 0.387 e. The van der Waals surface area contributed by atoms with Crippen LogP contribution in [-0.2, 0) is 6.42 Å². The number of urea groups is 1. The molecule has 0 saturated heterocycles. The van der Waals surface area contributed by atoms with Gasteiger partial charge < -0.3 is 10.4 Å². The number of nitrogens with one attached hydrogen (secondary N) is 2. The Morgan fingerprint density at radius 3 is 2.77 bits per heavy atom. The lowest BCUT2D eigenvalue weighted by Gasteiger charge is -2.12. The summed E-state index contributed by atoms with van der Waals surface area (Å²) in [5.74, 6) is -0.374. The van der Waals surface area contributed by atoms with Crippen molar-refractivity contribution >= 4 is 22.5 Å². The summed E-state index contributed by atoms with van der Waals surface area (Å²) in [5.41, 5.74) is 0.530. The number of carbonyl (C=O) groups excluding carboxylic acids is 1. The van der Waals surface area contributed by atoms with E-state index >= 15 is 0 Å². The molecule has 2 rings (SSSR count). The van der Waals surface area contributed by atoms with E-state index < -0.39 is 12.1 Å². The molecule has 0 radical (unpaired) electrons. The SMILES string of the molecule is CCCc1nnc(NC(=O)NC[C@@H](O)c2ccc(F)cc2)s1. The average molecular weight is 324 g/mol. The fraction of sp³-hybridized carbons (Fsp3) is 0.357. The van der Waals surface area contributed by atoms with Gasteiger partial charge in [-0.2, -0.15) is 0 Å². The first-order valence-electron chi connectivity index (χ1n) is 6.89. The molecule has 0 fully saturated rings. The van der Waals surface area contributed by atoms with Crippen molar-refractivity contribution in [2.45, 2.75) is 25.9 Å². The highest BCUT2D eigenvalue weighted by atomic mass is 32.1. The lowest BCUT2D eigenvalue weighted by molar-refractivity contribution is 0.175. The molecule has 0 aliphatic rings. The highest BCUT2D eigenvalue weighted by Crippen LogP contribution is 2.16. The second-order valence-corrected chi connectivity index (χ2v) is 5.72. The van der Waals surface area contributed by atoms with Crippen LogP contribution in [0.25, 0.3) is 0 Å². The van der Waals surface area contributed by atoms with Crippen LogP contribution in [0.15, 0.2) is 24.3 Å². The maximum absolute atomic E-state index is 12.8. The maximum Gasteiger partial charge on any atom is 0.321 e. The number of halogens is 1. The van der Waals surface area contributed by atoms with Gasteiger partial charge >= 0.3 is 6.03 Å². The first-order chi connectivity index (χ1) is 10.6. The van der Waals surface area contributed by atoms with Crippen molar-refractivity contribution in [2.75, 3.05) is 11.9 Å². The molecule has 6 nitrogen and oxygen atoms in total. The first kappa shape index (κ1) is 16.3. The summed E-state index contributed by atoms with van der Waals surface area (Å²) in [4.78, 5) is 11.7. The Bertz CT molecular complexity index is 618. The molecule has 0 aliphatic carbocycles. The quantitative estimate of drug-likeness (QED) is 0.762. The predicted octanol–water partition coefficient (Wildman–Crippen LogP) is 2.48. The van der Waals surface area contributed by atoms with Crippen LogP contribution in [-0.4, -0.2) is 27.9 Å². The lowest BCUT2D eigenvalue weighted by atomic mass is 10.1. The third-order valence-electron chi connectivity index (χ3n) is 2.86. The molecule has 118 valence electrons. The molecule has 2 amide bonds. The van der Waals surface area contributed by atoms with E-state index in [0.29, 0.717) is 10.7 Å². The number of carbonyl (C=O) groups is 1. The van der Waals surface area contributed by atoms with Gasteiger partial charge in [0.25, 0.3) is 0 Å². The maximum atomic E-state index is 12.8. The molecule has 3 N–H and O–H groups in total. The third-order valence-corrected chi connectivity index (χ3v) is 3.76. The number of hydrogen-bond donors (Lipinski definition) is 3. The van der Waals surface area contributed by atoms with Gasteiger partial charge in [-0.1, -0.05) is 30.4 Å². The fourth-order valence-electron chi connectivity index (χ4n) is 1.75. The van der Waals surface area contributed by atoms with Gasteiger partial charge in [0.1, 0.15) is 10.8 Å². The Balaban J connectivity index is 1.80. The highest BCUT2D eigenvalue weighted by Gasteiger charge is 2.11. The Kier molecular flexibility index (Phi) is 5.79. The van der Waals surface area contributed by atoms with Crippen LogP contribution in [0.4, 0.5) is 14.3 Å². The Hall–Kier alpha value is -2.06. The second kappa shape index (κ2) is 7.81. The smallest absolute Gasteiger partial charge is 0.321 e. The van der Waals surface area contributed by atoms with Crippen LogP contribution in [0.5, 0.6) is 0 Å². The minimum atomic E-state index is -0.906. The van der Waals surface area contributed by atoms with Gasteiger partial charge in [0.05, 0.1) is 6.10 Å². The summed E-state index contributed by atoms with van der Waals surface area (Å²) < 4.78 is 12.8. The van der Waals surface area contributed by atoms with E-state index in [1.165, 1.54) is 35.6 Å². The predicted molar refractivity (Wildman–Crippen MR) is 82.3 cm³/mol. The standard InChI is InChI=1S/C14H17FN4O2S/c1-2-3-12-18-19-14(22-12)17-13(21)16-8-11(20)9-4-6-10(15)7-5-9/h4-7,11,20H,2-3,8H2,1H3,(H2,16,17,19,21)/t11-/m1/s1. The molecule has 1 atom stereocenters. The van der Waals surface area contributed by atoms with E-state index in [0.717, 1.165) is 17.8 Å². The summed E-state index contributed by atoms with van der Waals surface area (Å²) in [7, 11) is 0. The normalized spacial score (nSPS) is 12.0. The average Bonchev–Trinajstić information content (AvgIpc) is 2.93. The molecular formula is C14H17FN4O2S. The van der Waals surface area contributed by atoms with Gasteiger partial charge in [-0.3, -0.25) is 5.32 Å². The number of amides is 2. The van der Waals surface area contributed by atoms with Crippen molar-refractivity contribution in [3.8, 4) is 0 Å². The van der Waals surface area contributed by atoms with Crippen LogP contribution in [0, 0.1) is 5.82 Å². The topological polar surface area (TPSA) is 87.1 Å². The number of nitrogens with zero attached hydrogens (tertiary/aromatic N) is 2. The van der Waals surface area contributed by atoms with Gasteiger partial charge in [0.15, 0.2) is 0 Å². The summed E-state index contributed by atoms with van der Waals surface area (Å²) >= 11 is 1.32. The van der Waals surface area contributed by atoms with Crippen molar-refractivity contribution in [3.63, 3.8) is 0 Å². The van der Waals surface area contributed by atoms with Gasteiger partial charge in [-0.25, -0.2) is 9.18 Å². The molecule has 1 heterocycles. The number of aromatic nitrogens is 2. The molecule has 1 aromatic carbocycles. The lowest BCUT2D eigenvalue weighted by Crippen LogP contribution is -2.32. The highest BCUT2D eigenvalue weighted by molar-refractivity contribution is 7.15. The second-order valence-electron chi connectivity index (χ2n) is 4.65. The van der Waals surface area contributed by atoms with E-state index in [4.69, 9.17) is 0 Å². The molecule has 0 aliphatic heterocycles. The van der Waals surface area contributed by atoms with Crippen molar-refractivity contribution < 1.29 is 14.3 Å². The Morgan fingerprint density at radius 1 is 1.36 bits per heavy atom. The molecule has 0 unspecified atom stereocenters. The molecule has 8 heteroatoms. The summed E-state index contributed by atoms with van der Waals surface area (Å²) in [5, 5.41) is 24.1. The molecule has 0 bridgehead atoms. The Morgan fingerprint density at radius 2 is 2.09 bits per heavy atom. The zero-order chi connectivity index (χ0) is 15.9. The molecule has 0 saturated carbocycles. The van der Waals surface area contributed by atoms with Gasteiger partial charge in [-0.05, 0) is 24.1 Å². The van der Waals surface area contributed by atoms with E-state index in [1.807, 2.05) is 6.92 Å². The van der Waals surface area contributed by atoms with Crippen molar-refractivity contribution in [2.24, 2.45) is 0 Å². The number of rotatable bonds is 6. The number of aliphatic hydroxyl groups is 1. The van der Waals surface area contributed by atoms with Crippen LogP contribution in [0.2, 0.25) is 0 Å². The van der Waals surface area contributed by atoms with Gasteiger partial charge in [0, 0.05) is 13.0 Å². The zero-order valence-corrected chi connectivity index (χ0v) is 12.9. The molecule has 1 aromatic heterocycles.